The molecule has 1 nitrogen and oxygen atoms in total. The van der Waals surface area contributed by atoms with Gasteiger partial charge in [-0.1, -0.05) is 12.1 Å². The van der Waals surface area contributed by atoms with Crippen molar-refractivity contribution in [1.82, 2.24) is 0 Å². The van der Waals surface area contributed by atoms with Crippen LogP contribution in [0.1, 0.15) is 19.4 Å². The Kier molecular flexibility index (Phi) is 1.98. The third-order valence-corrected chi connectivity index (χ3v) is 2.60. The summed E-state index contributed by atoms with van der Waals surface area (Å²) in [5.41, 5.74) is 1.96. The highest BCUT2D eigenvalue weighted by atomic mass is 19.1. The van der Waals surface area contributed by atoms with Crippen molar-refractivity contribution in [2.75, 3.05) is 11.4 Å². The molecule has 0 saturated heterocycles. The fraction of sp³-hybridized carbons (Fsp3) is 0.455. The first-order valence-corrected chi connectivity index (χ1v) is 4.74. The number of para-hydroxylation sites is 1. The second-order valence-corrected chi connectivity index (χ2v) is 3.78. The first kappa shape index (κ1) is 8.54. The van der Waals surface area contributed by atoms with E-state index in [2.05, 4.69) is 18.7 Å². The standard InChI is InChI=1S/C11H14FN/c1-8(2)13-7-6-9-4-3-5-10(12)11(9)13/h3-5,8H,6-7H2,1-2H3. The number of rotatable bonds is 1. The monoisotopic (exact) mass is 179 g/mol. The summed E-state index contributed by atoms with van der Waals surface area (Å²) in [7, 11) is 0. The van der Waals surface area contributed by atoms with E-state index in [1.54, 1.807) is 12.1 Å². The van der Waals surface area contributed by atoms with Gasteiger partial charge in [0.25, 0.3) is 0 Å². The number of benzene rings is 1. The van der Waals surface area contributed by atoms with Crippen molar-refractivity contribution in [3.05, 3.63) is 29.6 Å². The molecule has 2 heteroatoms. The summed E-state index contributed by atoms with van der Waals surface area (Å²) >= 11 is 0. The molecule has 1 aliphatic rings. The van der Waals surface area contributed by atoms with Crippen LogP contribution < -0.4 is 4.90 Å². The molecule has 0 bridgehead atoms. The zero-order valence-electron chi connectivity index (χ0n) is 8.05. The lowest BCUT2D eigenvalue weighted by Gasteiger charge is -2.24. The van der Waals surface area contributed by atoms with Gasteiger partial charge in [-0.05, 0) is 31.9 Å². The smallest absolute Gasteiger partial charge is 0.146 e. The quantitative estimate of drug-likeness (QED) is 0.640. The molecule has 0 spiro atoms. The number of anilines is 1. The molecule has 1 aromatic rings. The Morgan fingerprint density at radius 2 is 2.15 bits per heavy atom. The van der Waals surface area contributed by atoms with Gasteiger partial charge in [0.2, 0.25) is 0 Å². The van der Waals surface area contributed by atoms with Gasteiger partial charge in [0.1, 0.15) is 5.82 Å². The van der Waals surface area contributed by atoms with Crippen molar-refractivity contribution in [3.63, 3.8) is 0 Å². The summed E-state index contributed by atoms with van der Waals surface area (Å²) in [5.74, 6) is -0.0799. The van der Waals surface area contributed by atoms with Crippen LogP contribution in [-0.2, 0) is 6.42 Å². The number of hydrogen-bond donors (Lipinski definition) is 0. The van der Waals surface area contributed by atoms with Crippen LogP contribution in [0.4, 0.5) is 10.1 Å². The lowest BCUT2D eigenvalue weighted by atomic mass is 10.1. The van der Waals surface area contributed by atoms with E-state index < -0.39 is 0 Å². The fourth-order valence-electron chi connectivity index (χ4n) is 1.95. The molecule has 0 saturated carbocycles. The SMILES string of the molecule is CC(C)N1CCc2cccc(F)c21. The molecule has 1 heterocycles. The van der Waals surface area contributed by atoms with Gasteiger partial charge < -0.3 is 4.90 Å². The summed E-state index contributed by atoms with van der Waals surface area (Å²) in [4.78, 5) is 2.13. The van der Waals surface area contributed by atoms with E-state index in [9.17, 15) is 4.39 Å². The van der Waals surface area contributed by atoms with Crippen LogP contribution in [0.3, 0.4) is 0 Å². The normalized spacial score (nSPS) is 15.2. The maximum Gasteiger partial charge on any atom is 0.146 e. The highest BCUT2D eigenvalue weighted by Gasteiger charge is 2.23. The van der Waals surface area contributed by atoms with Crippen LogP contribution in [0.15, 0.2) is 18.2 Å². The molecule has 1 aromatic carbocycles. The zero-order valence-corrected chi connectivity index (χ0v) is 8.05. The van der Waals surface area contributed by atoms with Gasteiger partial charge in [-0.3, -0.25) is 0 Å². The molecule has 0 amide bonds. The molecule has 0 fully saturated rings. The van der Waals surface area contributed by atoms with Gasteiger partial charge >= 0.3 is 0 Å². The largest absolute Gasteiger partial charge is 0.366 e. The van der Waals surface area contributed by atoms with E-state index >= 15 is 0 Å². The molecule has 0 N–H and O–H groups in total. The molecule has 0 aromatic heterocycles. The van der Waals surface area contributed by atoms with Gasteiger partial charge in [0.05, 0.1) is 5.69 Å². The second-order valence-electron chi connectivity index (χ2n) is 3.78. The number of nitrogens with zero attached hydrogens (tertiary/aromatic N) is 1. The summed E-state index contributed by atoms with van der Waals surface area (Å²) in [6, 6.07) is 5.73. The minimum Gasteiger partial charge on any atom is -0.366 e. The second kappa shape index (κ2) is 3.02. The maximum atomic E-state index is 13.5. The van der Waals surface area contributed by atoms with Crippen molar-refractivity contribution >= 4 is 5.69 Å². The van der Waals surface area contributed by atoms with Crippen molar-refractivity contribution in [2.24, 2.45) is 0 Å². The molecule has 0 radical (unpaired) electrons. The van der Waals surface area contributed by atoms with Crippen LogP contribution >= 0.6 is 0 Å². The third kappa shape index (κ3) is 1.30. The van der Waals surface area contributed by atoms with Crippen LogP contribution in [0, 0.1) is 5.82 Å². The Morgan fingerprint density at radius 3 is 2.85 bits per heavy atom. The molecular formula is C11H14FN. The molecule has 70 valence electrons. The maximum absolute atomic E-state index is 13.5. The average molecular weight is 179 g/mol. The minimum absolute atomic E-state index is 0.0799. The zero-order chi connectivity index (χ0) is 9.42. The van der Waals surface area contributed by atoms with Gasteiger partial charge in [-0.15, -0.1) is 0 Å². The summed E-state index contributed by atoms with van der Waals surface area (Å²) in [5, 5.41) is 0. The Bertz CT molecular complexity index is 320. The van der Waals surface area contributed by atoms with Crippen LogP contribution in [0.5, 0.6) is 0 Å². The van der Waals surface area contributed by atoms with E-state index in [-0.39, 0.29) is 5.82 Å². The van der Waals surface area contributed by atoms with E-state index in [0.717, 1.165) is 24.2 Å². The molecular weight excluding hydrogens is 165 g/mol. The fourth-order valence-corrected chi connectivity index (χ4v) is 1.95. The Labute approximate surface area is 78.2 Å². The van der Waals surface area contributed by atoms with E-state index in [0.29, 0.717) is 6.04 Å². The molecule has 0 atom stereocenters. The van der Waals surface area contributed by atoms with Crippen molar-refractivity contribution in [2.45, 2.75) is 26.3 Å². The van der Waals surface area contributed by atoms with E-state index in [1.807, 2.05) is 6.07 Å². The Hall–Kier alpha value is -1.05. The number of halogens is 1. The first-order chi connectivity index (χ1) is 6.20. The van der Waals surface area contributed by atoms with Gasteiger partial charge in [-0.2, -0.15) is 0 Å². The van der Waals surface area contributed by atoms with Gasteiger partial charge in [0.15, 0.2) is 0 Å². The van der Waals surface area contributed by atoms with Crippen molar-refractivity contribution < 1.29 is 4.39 Å². The Balaban J connectivity index is 2.46. The molecule has 1 aliphatic heterocycles. The molecule has 0 unspecified atom stereocenters. The summed E-state index contributed by atoms with van der Waals surface area (Å²) in [6.45, 7) is 5.15. The van der Waals surface area contributed by atoms with Gasteiger partial charge in [-0.25, -0.2) is 4.39 Å². The number of fused-ring (bicyclic) bond motifs is 1. The highest BCUT2D eigenvalue weighted by Crippen LogP contribution is 2.31. The average Bonchev–Trinajstić information content (AvgIpc) is 2.49. The van der Waals surface area contributed by atoms with E-state index in [4.69, 9.17) is 0 Å². The predicted octanol–water partition coefficient (Wildman–Crippen LogP) is 2.60. The van der Waals surface area contributed by atoms with Crippen LogP contribution in [0.25, 0.3) is 0 Å². The van der Waals surface area contributed by atoms with Gasteiger partial charge in [0, 0.05) is 12.6 Å². The summed E-state index contributed by atoms with van der Waals surface area (Å²) in [6.07, 6.45) is 0.977. The Morgan fingerprint density at radius 1 is 1.38 bits per heavy atom. The lowest BCUT2D eigenvalue weighted by Crippen LogP contribution is -2.29. The third-order valence-electron chi connectivity index (χ3n) is 2.60. The van der Waals surface area contributed by atoms with Crippen molar-refractivity contribution in [3.8, 4) is 0 Å². The number of hydrogen-bond acceptors (Lipinski definition) is 1. The lowest BCUT2D eigenvalue weighted by molar-refractivity contribution is 0.612. The van der Waals surface area contributed by atoms with Crippen molar-refractivity contribution in [1.29, 1.82) is 0 Å². The molecule has 13 heavy (non-hydrogen) atoms. The molecule has 0 aliphatic carbocycles. The minimum atomic E-state index is -0.0799. The predicted molar refractivity (Wildman–Crippen MR) is 52.6 cm³/mol. The summed E-state index contributed by atoms with van der Waals surface area (Å²) < 4.78 is 13.5. The van der Waals surface area contributed by atoms with Crippen LogP contribution in [0.2, 0.25) is 0 Å². The van der Waals surface area contributed by atoms with Crippen LogP contribution in [-0.4, -0.2) is 12.6 Å². The first-order valence-electron chi connectivity index (χ1n) is 4.74. The highest BCUT2D eigenvalue weighted by molar-refractivity contribution is 5.59. The molecule has 2 rings (SSSR count). The topological polar surface area (TPSA) is 3.24 Å². The van der Waals surface area contributed by atoms with E-state index in [1.165, 1.54) is 0 Å².